The molecule has 0 aromatic heterocycles. The zero-order valence-electron chi connectivity index (χ0n) is 9.02. The van der Waals surface area contributed by atoms with Gasteiger partial charge in [-0.25, -0.2) is 0 Å². The van der Waals surface area contributed by atoms with Crippen LogP contribution in [0.25, 0.3) is 0 Å². The van der Waals surface area contributed by atoms with E-state index in [9.17, 15) is 0 Å². The molecule has 0 bridgehead atoms. The molecule has 1 unspecified atom stereocenters. The normalized spacial score (nSPS) is 19.7. The molecule has 82 valence electrons. The van der Waals surface area contributed by atoms with E-state index in [4.69, 9.17) is 11.6 Å². The fraction of sp³-hybridized carbons (Fsp3) is 0.500. The van der Waals surface area contributed by atoms with Crippen molar-refractivity contribution in [2.75, 3.05) is 17.2 Å². The summed E-state index contributed by atoms with van der Waals surface area (Å²) in [6.45, 7) is 3.26. The summed E-state index contributed by atoms with van der Waals surface area (Å²) in [5.74, 6) is 0. The fourth-order valence-corrected chi connectivity index (χ4v) is 2.20. The second kappa shape index (κ2) is 4.75. The molecule has 1 atom stereocenters. The summed E-state index contributed by atoms with van der Waals surface area (Å²) >= 11 is 5.99. The smallest absolute Gasteiger partial charge is 0.0593 e. The van der Waals surface area contributed by atoms with Crippen molar-refractivity contribution >= 4 is 23.0 Å². The summed E-state index contributed by atoms with van der Waals surface area (Å²) in [5.41, 5.74) is 2.30. The van der Waals surface area contributed by atoms with Gasteiger partial charge in [-0.05, 0) is 31.0 Å². The Morgan fingerprint density at radius 2 is 2.27 bits per heavy atom. The van der Waals surface area contributed by atoms with Gasteiger partial charge < -0.3 is 10.6 Å². The van der Waals surface area contributed by atoms with Gasteiger partial charge >= 0.3 is 0 Å². The molecular weight excluding hydrogens is 208 g/mol. The van der Waals surface area contributed by atoms with Gasteiger partial charge in [-0.2, -0.15) is 0 Å². The molecule has 1 heterocycles. The standard InChI is InChI=1S/C12H17ClN2/c1-2-3-10-6-7-14-11-5-4-9(13)8-12(11)15-10/h4-5,8,10,14-15H,2-3,6-7H2,1H3. The number of fused-ring (bicyclic) bond motifs is 1. The lowest BCUT2D eigenvalue weighted by Crippen LogP contribution is -2.19. The Balaban J connectivity index is 2.19. The maximum absolute atomic E-state index is 5.99. The minimum absolute atomic E-state index is 0.571. The van der Waals surface area contributed by atoms with Crippen molar-refractivity contribution in [1.82, 2.24) is 0 Å². The van der Waals surface area contributed by atoms with Crippen molar-refractivity contribution in [2.24, 2.45) is 0 Å². The maximum atomic E-state index is 5.99. The van der Waals surface area contributed by atoms with Crippen LogP contribution in [0, 0.1) is 0 Å². The maximum Gasteiger partial charge on any atom is 0.0593 e. The first kappa shape index (κ1) is 10.6. The zero-order valence-corrected chi connectivity index (χ0v) is 9.77. The Kier molecular flexibility index (Phi) is 3.37. The second-order valence-corrected chi connectivity index (χ2v) is 4.47. The largest absolute Gasteiger partial charge is 0.383 e. The van der Waals surface area contributed by atoms with Crippen LogP contribution in [0.4, 0.5) is 11.4 Å². The van der Waals surface area contributed by atoms with Crippen LogP contribution in [-0.4, -0.2) is 12.6 Å². The summed E-state index contributed by atoms with van der Waals surface area (Å²) in [5, 5.41) is 7.77. The van der Waals surface area contributed by atoms with Crippen LogP contribution in [0.5, 0.6) is 0 Å². The summed E-state index contributed by atoms with van der Waals surface area (Å²) < 4.78 is 0. The van der Waals surface area contributed by atoms with E-state index in [1.54, 1.807) is 0 Å². The highest BCUT2D eigenvalue weighted by Crippen LogP contribution is 2.29. The first-order valence-corrected chi connectivity index (χ1v) is 5.97. The molecule has 1 aliphatic rings. The number of benzene rings is 1. The average Bonchev–Trinajstić information content (AvgIpc) is 2.39. The third-order valence-corrected chi connectivity index (χ3v) is 3.02. The molecule has 0 saturated carbocycles. The Bertz CT molecular complexity index is 338. The lowest BCUT2D eigenvalue weighted by atomic mass is 10.1. The van der Waals surface area contributed by atoms with Crippen molar-refractivity contribution in [1.29, 1.82) is 0 Å². The molecule has 1 aromatic carbocycles. The monoisotopic (exact) mass is 224 g/mol. The highest BCUT2D eigenvalue weighted by atomic mass is 35.5. The fourth-order valence-electron chi connectivity index (χ4n) is 2.03. The van der Waals surface area contributed by atoms with E-state index in [1.807, 2.05) is 18.2 Å². The Labute approximate surface area is 96.0 Å². The van der Waals surface area contributed by atoms with Crippen molar-refractivity contribution in [3.8, 4) is 0 Å². The van der Waals surface area contributed by atoms with Gasteiger partial charge in [0.05, 0.1) is 11.4 Å². The van der Waals surface area contributed by atoms with Crippen LogP contribution in [0.2, 0.25) is 5.02 Å². The minimum Gasteiger partial charge on any atom is -0.383 e. The van der Waals surface area contributed by atoms with Gasteiger partial charge in [-0.1, -0.05) is 24.9 Å². The molecular formula is C12H17ClN2. The molecule has 0 saturated heterocycles. The van der Waals surface area contributed by atoms with Crippen molar-refractivity contribution in [2.45, 2.75) is 32.2 Å². The molecule has 2 nitrogen and oxygen atoms in total. The Morgan fingerprint density at radius 3 is 3.07 bits per heavy atom. The van der Waals surface area contributed by atoms with Gasteiger partial charge in [0.1, 0.15) is 0 Å². The van der Waals surface area contributed by atoms with Crippen LogP contribution in [-0.2, 0) is 0 Å². The van der Waals surface area contributed by atoms with Crippen LogP contribution in [0.15, 0.2) is 18.2 Å². The molecule has 0 amide bonds. The van der Waals surface area contributed by atoms with E-state index in [-0.39, 0.29) is 0 Å². The number of hydrogen-bond donors (Lipinski definition) is 2. The molecule has 0 spiro atoms. The first-order chi connectivity index (χ1) is 7.29. The van der Waals surface area contributed by atoms with Gasteiger partial charge in [-0.3, -0.25) is 0 Å². The second-order valence-electron chi connectivity index (χ2n) is 4.04. The molecule has 15 heavy (non-hydrogen) atoms. The van der Waals surface area contributed by atoms with Gasteiger partial charge in [0.2, 0.25) is 0 Å². The van der Waals surface area contributed by atoms with E-state index in [1.165, 1.54) is 19.3 Å². The van der Waals surface area contributed by atoms with E-state index < -0.39 is 0 Å². The summed E-state index contributed by atoms with van der Waals surface area (Å²) in [6, 6.07) is 6.54. The Hall–Kier alpha value is -0.890. The minimum atomic E-state index is 0.571. The third kappa shape index (κ3) is 2.57. The number of rotatable bonds is 2. The third-order valence-electron chi connectivity index (χ3n) is 2.79. The van der Waals surface area contributed by atoms with E-state index in [2.05, 4.69) is 17.6 Å². The van der Waals surface area contributed by atoms with Crippen LogP contribution in [0.3, 0.4) is 0 Å². The summed E-state index contributed by atoms with van der Waals surface area (Å²) in [6.07, 6.45) is 3.60. The topological polar surface area (TPSA) is 24.1 Å². The SMILES string of the molecule is CCCC1CCNc2ccc(Cl)cc2N1. The van der Waals surface area contributed by atoms with E-state index in [0.717, 1.165) is 22.9 Å². The van der Waals surface area contributed by atoms with Crippen LogP contribution >= 0.6 is 11.6 Å². The summed E-state index contributed by atoms with van der Waals surface area (Å²) in [7, 11) is 0. The van der Waals surface area contributed by atoms with Crippen molar-refractivity contribution in [3.63, 3.8) is 0 Å². The summed E-state index contributed by atoms with van der Waals surface area (Å²) in [4.78, 5) is 0. The first-order valence-electron chi connectivity index (χ1n) is 5.59. The Morgan fingerprint density at radius 1 is 1.40 bits per heavy atom. The molecule has 3 heteroatoms. The van der Waals surface area contributed by atoms with Gasteiger partial charge in [0, 0.05) is 17.6 Å². The molecule has 2 rings (SSSR count). The van der Waals surface area contributed by atoms with E-state index >= 15 is 0 Å². The number of hydrogen-bond acceptors (Lipinski definition) is 2. The molecule has 0 aliphatic carbocycles. The molecule has 0 radical (unpaired) electrons. The molecule has 0 fully saturated rings. The van der Waals surface area contributed by atoms with Crippen molar-refractivity contribution in [3.05, 3.63) is 23.2 Å². The molecule has 1 aromatic rings. The van der Waals surface area contributed by atoms with Gasteiger partial charge in [0.25, 0.3) is 0 Å². The lowest BCUT2D eigenvalue weighted by molar-refractivity contribution is 0.615. The molecule has 2 N–H and O–H groups in total. The quantitative estimate of drug-likeness (QED) is 0.800. The van der Waals surface area contributed by atoms with Crippen molar-refractivity contribution < 1.29 is 0 Å². The van der Waals surface area contributed by atoms with Gasteiger partial charge in [-0.15, -0.1) is 0 Å². The highest BCUT2D eigenvalue weighted by Gasteiger charge is 2.14. The number of nitrogens with one attached hydrogen (secondary N) is 2. The van der Waals surface area contributed by atoms with Crippen LogP contribution in [0.1, 0.15) is 26.2 Å². The average molecular weight is 225 g/mol. The predicted octanol–water partition coefficient (Wildman–Crippen LogP) is 3.74. The number of halogens is 1. The lowest BCUT2D eigenvalue weighted by Gasteiger charge is -2.16. The predicted molar refractivity (Wildman–Crippen MR) is 66.9 cm³/mol. The van der Waals surface area contributed by atoms with E-state index in [0.29, 0.717) is 6.04 Å². The number of anilines is 2. The molecule has 1 aliphatic heterocycles. The van der Waals surface area contributed by atoms with Gasteiger partial charge in [0.15, 0.2) is 0 Å². The highest BCUT2D eigenvalue weighted by molar-refractivity contribution is 6.31. The van der Waals surface area contributed by atoms with Crippen LogP contribution < -0.4 is 10.6 Å². The zero-order chi connectivity index (χ0) is 10.7.